The third kappa shape index (κ3) is 3.64. The van der Waals surface area contributed by atoms with E-state index in [9.17, 15) is 9.59 Å². The zero-order valence-electron chi connectivity index (χ0n) is 11.2. The molecule has 0 aliphatic rings. The van der Waals surface area contributed by atoms with E-state index in [0.717, 1.165) is 16.9 Å². The van der Waals surface area contributed by atoms with E-state index in [2.05, 4.69) is 10.3 Å². The van der Waals surface area contributed by atoms with Crippen molar-refractivity contribution in [2.24, 2.45) is 0 Å². The lowest BCUT2D eigenvalue weighted by atomic mass is 10.2. The molecule has 1 N–H and O–H groups in total. The number of nitrogens with one attached hydrogen (secondary N) is 1. The Kier molecular flexibility index (Phi) is 4.47. The Morgan fingerprint density at radius 2 is 2.00 bits per heavy atom. The van der Waals surface area contributed by atoms with Crippen LogP contribution in [0.1, 0.15) is 27.9 Å². The third-order valence-corrected chi connectivity index (χ3v) is 3.71. The van der Waals surface area contributed by atoms with E-state index in [1.165, 1.54) is 6.92 Å². The fourth-order valence-corrected chi connectivity index (χ4v) is 2.47. The summed E-state index contributed by atoms with van der Waals surface area (Å²) in [6, 6.07) is 9.38. The van der Waals surface area contributed by atoms with Crippen LogP contribution in [0.2, 0.25) is 0 Å². The minimum absolute atomic E-state index is 0.0642. The summed E-state index contributed by atoms with van der Waals surface area (Å²) in [5.41, 5.74) is 1.52. The van der Waals surface area contributed by atoms with E-state index in [4.69, 9.17) is 4.74 Å². The Balaban J connectivity index is 1.92. The number of anilines is 1. The van der Waals surface area contributed by atoms with E-state index < -0.39 is 6.09 Å². The van der Waals surface area contributed by atoms with Gasteiger partial charge in [0.05, 0.1) is 10.6 Å². The van der Waals surface area contributed by atoms with Crippen molar-refractivity contribution in [3.8, 4) is 0 Å². The third-order valence-electron chi connectivity index (χ3n) is 2.54. The summed E-state index contributed by atoms with van der Waals surface area (Å²) in [6.45, 7) is 3.39. The predicted molar refractivity (Wildman–Crippen MR) is 77.1 cm³/mol. The highest BCUT2D eigenvalue weighted by Gasteiger charge is 2.13. The first-order valence-electron chi connectivity index (χ1n) is 6.02. The SMILES string of the molecule is CC(=O)c1sc(NC(=O)OCc2ccccc2)nc1C. The summed E-state index contributed by atoms with van der Waals surface area (Å²) in [6.07, 6.45) is -0.585. The van der Waals surface area contributed by atoms with Gasteiger partial charge >= 0.3 is 6.09 Å². The maximum atomic E-state index is 11.6. The quantitative estimate of drug-likeness (QED) is 0.876. The Morgan fingerprint density at radius 1 is 1.30 bits per heavy atom. The zero-order chi connectivity index (χ0) is 14.5. The van der Waals surface area contributed by atoms with Gasteiger partial charge in [-0.1, -0.05) is 41.7 Å². The standard InChI is InChI=1S/C14H14N2O3S/c1-9-12(10(2)17)20-13(15-9)16-14(18)19-8-11-6-4-3-5-7-11/h3-7H,8H2,1-2H3,(H,15,16,18). The van der Waals surface area contributed by atoms with Gasteiger partial charge in [-0.25, -0.2) is 9.78 Å². The molecule has 0 fully saturated rings. The van der Waals surface area contributed by atoms with Crippen molar-refractivity contribution in [1.82, 2.24) is 4.98 Å². The predicted octanol–water partition coefficient (Wildman–Crippen LogP) is 3.40. The van der Waals surface area contributed by atoms with Crippen LogP contribution in [0.25, 0.3) is 0 Å². The normalized spacial score (nSPS) is 10.1. The second kappa shape index (κ2) is 6.29. The number of ketones is 1. The van der Waals surface area contributed by atoms with Crippen LogP contribution >= 0.6 is 11.3 Å². The van der Waals surface area contributed by atoms with Gasteiger partial charge in [0, 0.05) is 6.92 Å². The largest absolute Gasteiger partial charge is 0.444 e. The minimum atomic E-state index is -0.585. The molecular weight excluding hydrogens is 276 g/mol. The number of aromatic nitrogens is 1. The van der Waals surface area contributed by atoms with E-state index in [1.807, 2.05) is 30.3 Å². The summed E-state index contributed by atoms with van der Waals surface area (Å²) >= 11 is 1.15. The fourth-order valence-electron chi connectivity index (χ4n) is 1.62. The van der Waals surface area contributed by atoms with Crippen molar-refractivity contribution < 1.29 is 14.3 Å². The molecule has 0 atom stereocenters. The highest BCUT2D eigenvalue weighted by Crippen LogP contribution is 2.23. The molecule has 0 saturated carbocycles. The molecule has 1 aromatic carbocycles. The summed E-state index contributed by atoms with van der Waals surface area (Å²) in [7, 11) is 0. The number of amides is 1. The molecule has 0 spiro atoms. The molecule has 0 unspecified atom stereocenters. The maximum Gasteiger partial charge on any atom is 0.413 e. The number of ether oxygens (including phenoxy) is 1. The zero-order valence-corrected chi connectivity index (χ0v) is 12.0. The van der Waals surface area contributed by atoms with E-state index >= 15 is 0 Å². The number of hydrogen-bond acceptors (Lipinski definition) is 5. The van der Waals surface area contributed by atoms with Crippen LogP contribution in [0.4, 0.5) is 9.93 Å². The Morgan fingerprint density at radius 3 is 2.60 bits per heavy atom. The van der Waals surface area contributed by atoms with Crippen molar-refractivity contribution in [2.75, 3.05) is 5.32 Å². The average Bonchev–Trinajstić information content (AvgIpc) is 2.78. The van der Waals surface area contributed by atoms with Crippen molar-refractivity contribution in [3.63, 3.8) is 0 Å². The Labute approximate surface area is 120 Å². The van der Waals surface area contributed by atoms with E-state index in [0.29, 0.717) is 15.7 Å². The lowest BCUT2D eigenvalue weighted by Gasteiger charge is -2.04. The molecule has 1 heterocycles. The lowest BCUT2D eigenvalue weighted by Crippen LogP contribution is -2.13. The molecule has 0 aliphatic carbocycles. The topological polar surface area (TPSA) is 68.3 Å². The molecule has 5 nitrogen and oxygen atoms in total. The van der Waals surface area contributed by atoms with Gasteiger partial charge in [-0.05, 0) is 12.5 Å². The second-order valence-corrected chi connectivity index (χ2v) is 5.18. The van der Waals surface area contributed by atoms with Gasteiger partial charge in [-0.2, -0.15) is 0 Å². The smallest absolute Gasteiger partial charge is 0.413 e. The van der Waals surface area contributed by atoms with E-state index in [-0.39, 0.29) is 12.4 Å². The molecule has 0 bridgehead atoms. The number of benzene rings is 1. The van der Waals surface area contributed by atoms with Crippen LogP contribution in [-0.2, 0) is 11.3 Å². The lowest BCUT2D eigenvalue weighted by molar-refractivity contribution is 0.102. The van der Waals surface area contributed by atoms with Crippen LogP contribution in [0.5, 0.6) is 0 Å². The number of aryl methyl sites for hydroxylation is 1. The average molecular weight is 290 g/mol. The van der Waals surface area contributed by atoms with Crippen LogP contribution in [0, 0.1) is 6.92 Å². The number of rotatable bonds is 4. The number of hydrogen-bond donors (Lipinski definition) is 1. The van der Waals surface area contributed by atoms with Crippen molar-refractivity contribution in [2.45, 2.75) is 20.5 Å². The summed E-state index contributed by atoms with van der Waals surface area (Å²) in [4.78, 5) is 27.6. The molecular formula is C14H14N2O3S. The molecule has 2 aromatic rings. The Bertz CT molecular complexity index is 623. The Hall–Kier alpha value is -2.21. The van der Waals surface area contributed by atoms with Gasteiger partial charge in [0.2, 0.25) is 0 Å². The first-order valence-corrected chi connectivity index (χ1v) is 6.84. The minimum Gasteiger partial charge on any atom is -0.444 e. The highest BCUT2D eigenvalue weighted by atomic mass is 32.1. The number of carbonyl (C=O) groups is 2. The first-order chi connectivity index (χ1) is 9.56. The summed E-state index contributed by atoms with van der Waals surface area (Å²) in [5.74, 6) is -0.0642. The maximum absolute atomic E-state index is 11.6. The number of Topliss-reactive ketones (excluding diaryl/α,β-unsaturated/α-hetero) is 1. The molecule has 0 saturated heterocycles. The van der Waals surface area contributed by atoms with Gasteiger partial charge in [-0.3, -0.25) is 10.1 Å². The molecule has 104 valence electrons. The van der Waals surface area contributed by atoms with Gasteiger partial charge < -0.3 is 4.74 Å². The van der Waals surface area contributed by atoms with Gasteiger partial charge in [0.15, 0.2) is 10.9 Å². The van der Waals surface area contributed by atoms with Crippen molar-refractivity contribution in [3.05, 3.63) is 46.5 Å². The monoisotopic (exact) mass is 290 g/mol. The fraction of sp³-hybridized carbons (Fsp3) is 0.214. The molecule has 6 heteroatoms. The molecule has 1 aromatic heterocycles. The second-order valence-electron chi connectivity index (χ2n) is 4.18. The molecule has 0 aliphatic heterocycles. The van der Waals surface area contributed by atoms with Gasteiger partial charge in [-0.15, -0.1) is 0 Å². The summed E-state index contributed by atoms with van der Waals surface area (Å²) in [5, 5.41) is 2.89. The van der Waals surface area contributed by atoms with E-state index in [1.54, 1.807) is 6.92 Å². The van der Waals surface area contributed by atoms with Crippen LogP contribution in [-0.4, -0.2) is 16.9 Å². The van der Waals surface area contributed by atoms with Crippen molar-refractivity contribution >= 4 is 28.3 Å². The van der Waals surface area contributed by atoms with Crippen LogP contribution in [0.3, 0.4) is 0 Å². The first kappa shape index (κ1) is 14.2. The molecule has 0 radical (unpaired) electrons. The van der Waals surface area contributed by atoms with Crippen LogP contribution < -0.4 is 5.32 Å². The van der Waals surface area contributed by atoms with Crippen molar-refractivity contribution in [1.29, 1.82) is 0 Å². The highest BCUT2D eigenvalue weighted by molar-refractivity contribution is 7.17. The van der Waals surface area contributed by atoms with Crippen LogP contribution in [0.15, 0.2) is 30.3 Å². The van der Waals surface area contributed by atoms with Gasteiger partial charge in [0.25, 0.3) is 0 Å². The number of nitrogens with zero attached hydrogens (tertiary/aromatic N) is 1. The molecule has 20 heavy (non-hydrogen) atoms. The molecule has 1 amide bonds. The molecule has 2 rings (SSSR count). The number of carbonyl (C=O) groups excluding carboxylic acids is 2. The number of thiazole rings is 1. The summed E-state index contributed by atoms with van der Waals surface area (Å²) < 4.78 is 5.07. The van der Waals surface area contributed by atoms with Gasteiger partial charge in [0.1, 0.15) is 6.61 Å².